The zero-order valence-electron chi connectivity index (χ0n) is 17.2. The van der Waals surface area contributed by atoms with Gasteiger partial charge in [-0.15, -0.1) is 0 Å². The van der Waals surface area contributed by atoms with Gasteiger partial charge in [0.25, 0.3) is 0 Å². The monoisotopic (exact) mass is 391 g/mol. The predicted molar refractivity (Wildman–Crippen MR) is 118 cm³/mol. The Bertz CT molecular complexity index is 971. The lowest BCUT2D eigenvalue weighted by atomic mass is 10.2. The molecule has 2 aromatic heterocycles. The quantitative estimate of drug-likeness (QED) is 0.645. The van der Waals surface area contributed by atoms with E-state index >= 15 is 0 Å². The Labute approximate surface area is 171 Å². The van der Waals surface area contributed by atoms with E-state index in [9.17, 15) is 4.79 Å². The average Bonchev–Trinajstić information content (AvgIpc) is 3.37. The molecule has 0 spiro atoms. The molecule has 1 aliphatic rings. The fraction of sp³-hybridized carbons (Fsp3) is 0.391. The van der Waals surface area contributed by atoms with Crippen LogP contribution in [0, 0.1) is 5.92 Å². The molecule has 6 nitrogen and oxygen atoms in total. The van der Waals surface area contributed by atoms with Gasteiger partial charge in [0.2, 0.25) is 0 Å². The van der Waals surface area contributed by atoms with Crippen LogP contribution in [0.1, 0.15) is 32.3 Å². The molecular weight excluding hydrogens is 362 g/mol. The molecule has 1 saturated heterocycles. The van der Waals surface area contributed by atoms with Crippen molar-refractivity contribution in [2.24, 2.45) is 5.92 Å². The maximum absolute atomic E-state index is 12.3. The van der Waals surface area contributed by atoms with Crippen molar-refractivity contribution < 1.29 is 4.79 Å². The van der Waals surface area contributed by atoms with E-state index in [-0.39, 0.29) is 6.03 Å². The number of anilines is 2. The number of aromatic nitrogens is 2. The van der Waals surface area contributed by atoms with E-state index in [2.05, 4.69) is 57.3 Å². The summed E-state index contributed by atoms with van der Waals surface area (Å²) in [5, 5.41) is 6.96. The molecule has 152 valence electrons. The van der Waals surface area contributed by atoms with Crippen molar-refractivity contribution in [3.63, 3.8) is 0 Å². The highest BCUT2D eigenvalue weighted by Crippen LogP contribution is 2.22. The normalized spacial score (nSPS) is 14.0. The summed E-state index contributed by atoms with van der Waals surface area (Å²) in [5.41, 5.74) is 2.97. The van der Waals surface area contributed by atoms with Crippen molar-refractivity contribution in [1.29, 1.82) is 0 Å². The molecule has 1 aromatic carbocycles. The van der Waals surface area contributed by atoms with Gasteiger partial charge in [0.05, 0.1) is 0 Å². The lowest BCUT2D eigenvalue weighted by Crippen LogP contribution is -2.28. The first-order chi connectivity index (χ1) is 14.1. The molecule has 2 amide bonds. The Morgan fingerprint density at radius 3 is 2.69 bits per heavy atom. The number of rotatable bonds is 6. The van der Waals surface area contributed by atoms with Crippen molar-refractivity contribution in [3.8, 4) is 0 Å². The molecule has 0 atom stereocenters. The van der Waals surface area contributed by atoms with Crippen molar-refractivity contribution in [1.82, 2.24) is 14.9 Å². The molecule has 4 rings (SSSR count). The van der Waals surface area contributed by atoms with E-state index < -0.39 is 0 Å². The number of carbonyl (C=O) groups is 1. The molecule has 1 aliphatic heterocycles. The number of nitrogens with one attached hydrogen (secondary N) is 2. The summed E-state index contributed by atoms with van der Waals surface area (Å²) < 4.78 is 2.25. The van der Waals surface area contributed by atoms with Crippen LogP contribution in [-0.4, -0.2) is 28.7 Å². The molecule has 29 heavy (non-hydrogen) atoms. The molecular formula is C23H29N5O. The number of fused-ring (bicyclic) bond motifs is 1. The molecule has 0 saturated carbocycles. The molecule has 1 fully saturated rings. The van der Waals surface area contributed by atoms with Gasteiger partial charge in [-0.2, -0.15) is 0 Å². The maximum atomic E-state index is 12.3. The van der Waals surface area contributed by atoms with Crippen LogP contribution in [-0.2, 0) is 13.1 Å². The summed E-state index contributed by atoms with van der Waals surface area (Å²) in [4.78, 5) is 19.1. The molecule has 2 N–H and O–H groups in total. The van der Waals surface area contributed by atoms with Gasteiger partial charge in [-0.3, -0.25) is 0 Å². The number of hydrogen-bond donors (Lipinski definition) is 2. The Hall–Kier alpha value is -3.02. The Morgan fingerprint density at radius 2 is 1.97 bits per heavy atom. The second-order valence-electron chi connectivity index (χ2n) is 8.16. The standard InChI is InChI=1S/C23H29N5O/c1-17(2)16-28-12-9-19-13-20(6-7-21(19)28)26-23(29)25-15-18-5-8-22(24-14-18)27-10-3-4-11-27/h5-9,12-14,17H,3-4,10-11,15-16H2,1-2H3,(H2,25,26,29). The smallest absolute Gasteiger partial charge is 0.319 e. The largest absolute Gasteiger partial charge is 0.357 e. The molecule has 0 unspecified atom stereocenters. The van der Waals surface area contributed by atoms with E-state index in [1.54, 1.807) is 0 Å². The number of amides is 2. The van der Waals surface area contributed by atoms with Gasteiger partial charge < -0.3 is 20.1 Å². The second-order valence-corrected chi connectivity index (χ2v) is 8.16. The number of nitrogens with zero attached hydrogens (tertiary/aromatic N) is 3. The fourth-order valence-corrected chi connectivity index (χ4v) is 3.84. The zero-order valence-corrected chi connectivity index (χ0v) is 17.2. The lowest BCUT2D eigenvalue weighted by molar-refractivity contribution is 0.251. The van der Waals surface area contributed by atoms with Crippen LogP contribution >= 0.6 is 0 Å². The van der Waals surface area contributed by atoms with Gasteiger partial charge in [-0.1, -0.05) is 19.9 Å². The Kier molecular flexibility index (Phi) is 5.69. The first-order valence-electron chi connectivity index (χ1n) is 10.4. The van der Waals surface area contributed by atoms with Gasteiger partial charge in [0.15, 0.2) is 0 Å². The fourth-order valence-electron chi connectivity index (χ4n) is 3.84. The molecule has 3 aromatic rings. The summed E-state index contributed by atoms with van der Waals surface area (Å²) in [6, 6.07) is 12.0. The van der Waals surface area contributed by atoms with Gasteiger partial charge in [0.1, 0.15) is 5.82 Å². The minimum absolute atomic E-state index is 0.213. The highest BCUT2D eigenvalue weighted by atomic mass is 16.2. The SMILES string of the molecule is CC(C)Cn1ccc2cc(NC(=O)NCc3ccc(N4CCCC4)nc3)ccc21. The Balaban J connectivity index is 1.32. The first-order valence-corrected chi connectivity index (χ1v) is 10.4. The number of urea groups is 1. The minimum Gasteiger partial charge on any atom is -0.357 e. The first kappa shape index (κ1) is 19.3. The van der Waals surface area contributed by atoms with E-state index in [1.807, 2.05) is 30.5 Å². The maximum Gasteiger partial charge on any atom is 0.319 e. The topological polar surface area (TPSA) is 62.2 Å². The average molecular weight is 392 g/mol. The highest BCUT2D eigenvalue weighted by Gasteiger charge is 2.13. The molecule has 3 heterocycles. The van der Waals surface area contributed by atoms with Gasteiger partial charge >= 0.3 is 6.03 Å². The number of pyridine rings is 1. The summed E-state index contributed by atoms with van der Waals surface area (Å²) in [7, 11) is 0. The van der Waals surface area contributed by atoms with Crippen molar-refractivity contribution in [2.75, 3.05) is 23.3 Å². The Morgan fingerprint density at radius 1 is 1.14 bits per heavy atom. The second kappa shape index (κ2) is 8.55. The van der Waals surface area contributed by atoms with Crippen LogP contribution in [0.15, 0.2) is 48.8 Å². The van der Waals surface area contributed by atoms with Crippen LogP contribution < -0.4 is 15.5 Å². The van der Waals surface area contributed by atoms with E-state index in [1.165, 1.54) is 18.4 Å². The van der Waals surface area contributed by atoms with E-state index in [0.717, 1.165) is 42.1 Å². The minimum atomic E-state index is -0.213. The van der Waals surface area contributed by atoms with Gasteiger partial charge in [-0.05, 0) is 54.7 Å². The van der Waals surface area contributed by atoms with E-state index in [0.29, 0.717) is 12.5 Å². The third-order valence-corrected chi connectivity index (χ3v) is 5.28. The molecule has 6 heteroatoms. The number of hydrogen-bond acceptors (Lipinski definition) is 3. The third-order valence-electron chi connectivity index (χ3n) is 5.28. The summed E-state index contributed by atoms with van der Waals surface area (Å²) in [6.45, 7) is 8.02. The predicted octanol–water partition coefficient (Wildman–Crippen LogP) is 4.61. The number of carbonyl (C=O) groups excluding carboxylic acids is 1. The summed E-state index contributed by atoms with van der Waals surface area (Å²) in [6.07, 6.45) is 6.42. The lowest BCUT2D eigenvalue weighted by Gasteiger charge is -2.16. The van der Waals surface area contributed by atoms with Crippen LogP contribution in [0.25, 0.3) is 10.9 Å². The number of benzene rings is 1. The van der Waals surface area contributed by atoms with Gasteiger partial charge in [0, 0.05) is 55.2 Å². The zero-order chi connectivity index (χ0) is 20.2. The van der Waals surface area contributed by atoms with Crippen molar-refractivity contribution in [2.45, 2.75) is 39.8 Å². The van der Waals surface area contributed by atoms with Crippen LogP contribution in [0.2, 0.25) is 0 Å². The highest BCUT2D eigenvalue weighted by molar-refractivity contribution is 5.92. The van der Waals surface area contributed by atoms with Crippen molar-refractivity contribution >= 4 is 28.4 Å². The molecule has 0 radical (unpaired) electrons. The van der Waals surface area contributed by atoms with Gasteiger partial charge in [-0.25, -0.2) is 9.78 Å². The van der Waals surface area contributed by atoms with Crippen LogP contribution in [0.5, 0.6) is 0 Å². The van der Waals surface area contributed by atoms with Crippen molar-refractivity contribution in [3.05, 3.63) is 54.4 Å². The van der Waals surface area contributed by atoms with Crippen LogP contribution in [0.3, 0.4) is 0 Å². The van der Waals surface area contributed by atoms with Crippen LogP contribution in [0.4, 0.5) is 16.3 Å². The third kappa shape index (κ3) is 4.70. The molecule has 0 bridgehead atoms. The molecule has 0 aliphatic carbocycles. The van der Waals surface area contributed by atoms with E-state index in [4.69, 9.17) is 0 Å². The summed E-state index contributed by atoms with van der Waals surface area (Å²) >= 11 is 0. The summed E-state index contributed by atoms with van der Waals surface area (Å²) in [5.74, 6) is 1.61.